The van der Waals surface area contributed by atoms with Gasteiger partial charge in [-0.3, -0.25) is 4.40 Å². The van der Waals surface area contributed by atoms with Crippen LogP contribution in [0.2, 0.25) is 0 Å². The van der Waals surface area contributed by atoms with E-state index in [4.69, 9.17) is 5.73 Å². The molecule has 0 saturated carbocycles. The molecule has 0 radical (unpaired) electrons. The first-order valence-corrected chi connectivity index (χ1v) is 6.69. The Morgan fingerprint density at radius 3 is 2.95 bits per heavy atom. The van der Waals surface area contributed by atoms with Crippen LogP contribution < -0.4 is 5.73 Å². The third kappa shape index (κ3) is 1.78. The Balaban J connectivity index is 1.99. The largest absolute Gasteiger partial charge is 0.340 e. The molecule has 4 rings (SSSR count). The van der Waals surface area contributed by atoms with E-state index in [1.54, 1.807) is 12.7 Å². The Labute approximate surface area is 119 Å². The highest BCUT2D eigenvalue weighted by molar-refractivity contribution is 5.85. The second-order valence-corrected chi connectivity index (χ2v) is 4.76. The minimum Gasteiger partial charge on any atom is -0.340 e. The number of aromatic amines is 1. The van der Waals surface area contributed by atoms with Crippen molar-refractivity contribution in [1.82, 2.24) is 29.5 Å². The second-order valence-electron chi connectivity index (χ2n) is 4.76. The van der Waals surface area contributed by atoms with E-state index in [0.717, 1.165) is 34.5 Å². The monoisotopic (exact) mass is 279 g/mol. The van der Waals surface area contributed by atoms with Gasteiger partial charge in [0.1, 0.15) is 11.8 Å². The molecule has 1 aromatic carbocycles. The van der Waals surface area contributed by atoms with Crippen LogP contribution in [0.15, 0.2) is 36.9 Å². The molecule has 7 heteroatoms. The fourth-order valence-electron chi connectivity index (χ4n) is 2.53. The number of nitrogens with one attached hydrogen (secondary N) is 1. The molecule has 3 heterocycles. The number of nitrogens with zero attached hydrogens (tertiary/aromatic N) is 5. The van der Waals surface area contributed by atoms with Gasteiger partial charge in [0.2, 0.25) is 0 Å². The molecule has 0 aliphatic rings. The molecule has 0 aliphatic carbocycles. The molecule has 104 valence electrons. The molecule has 3 aromatic heterocycles. The number of hydrogen-bond acceptors (Lipinski definition) is 5. The van der Waals surface area contributed by atoms with Gasteiger partial charge in [-0.1, -0.05) is 24.3 Å². The lowest BCUT2D eigenvalue weighted by molar-refractivity contribution is 0.963. The summed E-state index contributed by atoms with van der Waals surface area (Å²) in [7, 11) is 0. The summed E-state index contributed by atoms with van der Waals surface area (Å²) in [5.41, 5.74) is 10.0. The summed E-state index contributed by atoms with van der Waals surface area (Å²) in [6.07, 6.45) is 4.10. The van der Waals surface area contributed by atoms with Crippen molar-refractivity contribution in [2.24, 2.45) is 5.73 Å². The SMILES string of the molecule is NCCc1ccccc1-c1nnc2c3[nH]cnc3ncn12. The zero-order valence-corrected chi connectivity index (χ0v) is 11.2. The van der Waals surface area contributed by atoms with Crippen molar-refractivity contribution >= 4 is 16.8 Å². The number of nitrogens with two attached hydrogens (primary N) is 1. The van der Waals surface area contributed by atoms with Crippen molar-refractivity contribution in [2.45, 2.75) is 6.42 Å². The minimum absolute atomic E-state index is 0.594. The lowest BCUT2D eigenvalue weighted by Crippen LogP contribution is -2.04. The number of benzene rings is 1. The van der Waals surface area contributed by atoms with E-state index >= 15 is 0 Å². The zero-order valence-electron chi connectivity index (χ0n) is 11.2. The quantitative estimate of drug-likeness (QED) is 0.586. The number of H-pyrrole nitrogens is 1. The molecular formula is C14H13N7. The van der Waals surface area contributed by atoms with Gasteiger partial charge in [0.15, 0.2) is 17.1 Å². The van der Waals surface area contributed by atoms with Gasteiger partial charge in [0.25, 0.3) is 0 Å². The first-order chi connectivity index (χ1) is 10.4. The fraction of sp³-hybridized carbons (Fsp3) is 0.143. The molecule has 7 nitrogen and oxygen atoms in total. The predicted molar refractivity (Wildman–Crippen MR) is 78.6 cm³/mol. The summed E-state index contributed by atoms with van der Waals surface area (Å²) in [5.74, 6) is 0.762. The van der Waals surface area contributed by atoms with Gasteiger partial charge in [0.05, 0.1) is 6.33 Å². The lowest BCUT2D eigenvalue weighted by Gasteiger charge is -2.06. The summed E-state index contributed by atoms with van der Waals surface area (Å²) in [5, 5.41) is 8.59. The molecule has 21 heavy (non-hydrogen) atoms. The van der Waals surface area contributed by atoms with Crippen LogP contribution in [0.3, 0.4) is 0 Å². The van der Waals surface area contributed by atoms with E-state index in [9.17, 15) is 0 Å². The average molecular weight is 279 g/mol. The van der Waals surface area contributed by atoms with Crippen LogP contribution in [0.1, 0.15) is 5.56 Å². The number of rotatable bonds is 3. The van der Waals surface area contributed by atoms with Gasteiger partial charge in [-0.05, 0) is 18.5 Å². The van der Waals surface area contributed by atoms with Gasteiger partial charge in [0, 0.05) is 5.56 Å². The highest BCUT2D eigenvalue weighted by Crippen LogP contribution is 2.24. The highest BCUT2D eigenvalue weighted by atomic mass is 15.3. The van der Waals surface area contributed by atoms with Crippen LogP contribution in [0.4, 0.5) is 0 Å². The maximum atomic E-state index is 5.69. The maximum absolute atomic E-state index is 5.69. The average Bonchev–Trinajstić information content (AvgIpc) is 3.14. The Hall–Kier alpha value is -2.80. The van der Waals surface area contributed by atoms with Gasteiger partial charge >= 0.3 is 0 Å². The number of imidazole rings is 1. The van der Waals surface area contributed by atoms with E-state index < -0.39 is 0 Å². The molecule has 0 amide bonds. The Kier molecular flexibility index (Phi) is 2.65. The van der Waals surface area contributed by atoms with Crippen molar-refractivity contribution in [3.63, 3.8) is 0 Å². The minimum atomic E-state index is 0.594. The Morgan fingerprint density at radius 1 is 1.14 bits per heavy atom. The second kappa shape index (κ2) is 4.64. The van der Waals surface area contributed by atoms with Crippen molar-refractivity contribution in [1.29, 1.82) is 0 Å². The first kappa shape index (κ1) is 12.0. The molecule has 0 aliphatic heterocycles. The molecule has 0 fully saturated rings. The Morgan fingerprint density at radius 2 is 2.05 bits per heavy atom. The molecule has 0 spiro atoms. The standard InChI is InChI=1S/C14H13N7/c15-6-5-9-3-1-2-4-10(9)13-19-20-14-11-12(17-7-16-11)18-8-21(13)14/h1-4,7-8H,5-6,15H2,(H,16,17). The maximum Gasteiger partial charge on any atom is 0.190 e. The highest BCUT2D eigenvalue weighted by Gasteiger charge is 2.14. The van der Waals surface area contributed by atoms with E-state index in [1.165, 1.54) is 0 Å². The number of fused-ring (bicyclic) bond motifs is 3. The van der Waals surface area contributed by atoms with Gasteiger partial charge in [-0.2, -0.15) is 0 Å². The smallest absolute Gasteiger partial charge is 0.190 e. The lowest BCUT2D eigenvalue weighted by atomic mass is 10.0. The van der Waals surface area contributed by atoms with E-state index in [1.807, 2.05) is 22.6 Å². The van der Waals surface area contributed by atoms with Crippen LogP contribution in [-0.2, 0) is 6.42 Å². The summed E-state index contributed by atoms with van der Waals surface area (Å²) >= 11 is 0. The number of aromatic nitrogens is 6. The summed E-state index contributed by atoms with van der Waals surface area (Å²) < 4.78 is 1.87. The normalized spacial score (nSPS) is 11.5. The van der Waals surface area contributed by atoms with Gasteiger partial charge < -0.3 is 10.7 Å². The Bertz CT molecular complexity index is 921. The van der Waals surface area contributed by atoms with Crippen LogP contribution in [-0.4, -0.2) is 36.1 Å². The third-order valence-corrected chi connectivity index (χ3v) is 3.51. The summed E-state index contributed by atoms with van der Waals surface area (Å²) in [4.78, 5) is 11.5. The summed E-state index contributed by atoms with van der Waals surface area (Å²) in [6, 6.07) is 8.08. The van der Waals surface area contributed by atoms with Crippen molar-refractivity contribution in [3.05, 3.63) is 42.5 Å². The fourth-order valence-corrected chi connectivity index (χ4v) is 2.53. The van der Waals surface area contributed by atoms with Crippen LogP contribution in [0, 0.1) is 0 Å². The van der Waals surface area contributed by atoms with Gasteiger partial charge in [-0.25, -0.2) is 9.97 Å². The topological polar surface area (TPSA) is 97.8 Å². The number of hydrogen-bond donors (Lipinski definition) is 2. The molecule has 0 atom stereocenters. The van der Waals surface area contributed by atoms with Crippen LogP contribution in [0.25, 0.3) is 28.2 Å². The molecule has 3 N–H and O–H groups in total. The van der Waals surface area contributed by atoms with Gasteiger partial charge in [-0.15, -0.1) is 10.2 Å². The van der Waals surface area contributed by atoms with E-state index in [-0.39, 0.29) is 0 Å². The summed E-state index contributed by atoms with van der Waals surface area (Å²) in [6.45, 7) is 0.594. The van der Waals surface area contributed by atoms with E-state index in [0.29, 0.717) is 12.2 Å². The van der Waals surface area contributed by atoms with Crippen molar-refractivity contribution < 1.29 is 0 Å². The molecule has 4 aromatic rings. The first-order valence-electron chi connectivity index (χ1n) is 6.69. The van der Waals surface area contributed by atoms with Crippen LogP contribution in [0.5, 0.6) is 0 Å². The molecular weight excluding hydrogens is 266 g/mol. The molecule has 0 saturated heterocycles. The third-order valence-electron chi connectivity index (χ3n) is 3.51. The van der Waals surface area contributed by atoms with Crippen molar-refractivity contribution in [3.8, 4) is 11.4 Å². The van der Waals surface area contributed by atoms with E-state index in [2.05, 4.69) is 31.2 Å². The molecule has 0 bridgehead atoms. The predicted octanol–water partition coefficient (Wildman–Crippen LogP) is 1.17. The molecule has 0 unspecified atom stereocenters. The van der Waals surface area contributed by atoms with Crippen LogP contribution >= 0.6 is 0 Å². The zero-order chi connectivity index (χ0) is 14.2. The van der Waals surface area contributed by atoms with Crippen molar-refractivity contribution in [2.75, 3.05) is 6.54 Å².